The number of hydrogen-bond acceptors (Lipinski definition) is 11. The van der Waals surface area contributed by atoms with Crippen molar-refractivity contribution in [1.29, 1.82) is 0 Å². The molecule has 16 heteroatoms. The number of unbranched alkanes of at least 4 members (excludes halogenated alkanes) is 5. The Hall–Kier alpha value is -6.10. The number of aliphatic hydroxyl groups excluding tert-OH is 1. The van der Waals surface area contributed by atoms with Crippen molar-refractivity contribution >= 4 is 34.7 Å². The molecule has 2 aromatic heterocycles. The molecule has 74 heavy (non-hydrogen) atoms. The molecule has 2 saturated heterocycles. The van der Waals surface area contributed by atoms with Gasteiger partial charge in [-0.25, -0.2) is 4.98 Å². The Morgan fingerprint density at radius 2 is 1.54 bits per heavy atom. The molecule has 0 bridgehead atoms. The van der Waals surface area contributed by atoms with Crippen LogP contribution in [0, 0.1) is 19.3 Å². The first kappa shape index (κ1) is 55.6. The van der Waals surface area contributed by atoms with Gasteiger partial charge in [-0.3, -0.25) is 29.0 Å². The molecule has 5 aromatic rings. The number of piperazine rings is 1. The Kier molecular flexibility index (Phi) is 20.2. The maximum absolute atomic E-state index is 13.9. The molecular weight excluding hydrogens is 935 g/mol. The van der Waals surface area contributed by atoms with E-state index in [2.05, 4.69) is 84.9 Å². The molecule has 0 aliphatic carbocycles. The molecular formula is C58H81N9O7. The van der Waals surface area contributed by atoms with Crippen LogP contribution in [0.4, 0.5) is 0 Å². The lowest BCUT2D eigenvalue weighted by atomic mass is 9.85. The summed E-state index contributed by atoms with van der Waals surface area (Å²) in [5, 5.41) is 23.7. The van der Waals surface area contributed by atoms with Crippen LogP contribution in [0.3, 0.4) is 0 Å². The summed E-state index contributed by atoms with van der Waals surface area (Å²) in [6.45, 7) is 19.0. The van der Waals surface area contributed by atoms with Gasteiger partial charge in [-0.1, -0.05) is 107 Å². The fraction of sp³-hybridized carbons (Fsp3) is 0.552. The van der Waals surface area contributed by atoms with Crippen molar-refractivity contribution in [3.63, 3.8) is 0 Å². The van der Waals surface area contributed by atoms with Gasteiger partial charge in [0.1, 0.15) is 29.4 Å². The zero-order valence-electron chi connectivity index (χ0n) is 44.8. The van der Waals surface area contributed by atoms with E-state index < -0.39 is 23.6 Å². The minimum Gasteiger partial charge on any atom is -0.494 e. The number of aromatic nitrogens is 3. The standard InChI is InChI=1S/C58H81N9O7/c1-7-35-73-47-24-20-43(21-25-47)22-27-51-61-48-36-45(54-41(2)63-74-42(54)3)23-26-49(48)66(51)34-33-64-29-31-65(32-30-64)40-53(70)59-28-16-11-9-8-10-15-19-52(69)62-55(58(4,5)6)57(72)67-39-46(68)37-50(67)56(71)60-38-44-17-13-12-14-18-44/h12-14,17-18,20-21,23-26,36,46,50,55,68H,7-11,15-16,19,22,27-35,37-40H2,1-6H3,(H,59,70)(H,60,71)(H,62,69)/t46-,50+,55-/m1/s1. The van der Waals surface area contributed by atoms with Crippen LogP contribution in [0.1, 0.15) is 114 Å². The predicted molar refractivity (Wildman–Crippen MR) is 288 cm³/mol. The van der Waals surface area contributed by atoms with Crippen molar-refractivity contribution in [3.05, 3.63) is 101 Å². The Bertz CT molecular complexity index is 2580. The maximum atomic E-state index is 13.9. The fourth-order valence-electron chi connectivity index (χ4n) is 10.2. The average molecular weight is 1020 g/mol. The Morgan fingerprint density at radius 1 is 0.824 bits per heavy atom. The monoisotopic (exact) mass is 1020 g/mol. The van der Waals surface area contributed by atoms with Gasteiger partial charge >= 0.3 is 0 Å². The summed E-state index contributed by atoms with van der Waals surface area (Å²) in [6.07, 6.45) is 7.77. The van der Waals surface area contributed by atoms with Crippen molar-refractivity contribution in [2.45, 2.75) is 143 Å². The summed E-state index contributed by atoms with van der Waals surface area (Å²) in [7, 11) is 0. The van der Waals surface area contributed by atoms with E-state index in [0.29, 0.717) is 39.1 Å². The topological polar surface area (TPSA) is 187 Å². The molecule has 2 aliphatic heterocycles. The molecule has 4 amide bonds. The molecule has 3 aromatic carbocycles. The van der Waals surface area contributed by atoms with Crippen LogP contribution in [0.5, 0.6) is 5.75 Å². The largest absolute Gasteiger partial charge is 0.494 e. The van der Waals surface area contributed by atoms with Crippen molar-refractivity contribution in [1.82, 2.24) is 45.4 Å². The van der Waals surface area contributed by atoms with E-state index in [9.17, 15) is 24.3 Å². The van der Waals surface area contributed by atoms with E-state index in [-0.39, 0.29) is 36.6 Å². The Morgan fingerprint density at radius 3 is 2.24 bits per heavy atom. The number of carbonyl (C=O) groups is 4. The van der Waals surface area contributed by atoms with E-state index in [1.807, 2.05) is 65.0 Å². The molecule has 16 nitrogen and oxygen atoms in total. The number of benzene rings is 3. The SMILES string of the molecule is CCCOc1ccc(CCc2nc3cc(-c4c(C)noc4C)ccc3n2CCN2CCN(CC(=O)NCCCCCCCCC(=O)N[C@H](C(=O)N3C[C@H](O)C[C@H]3C(=O)NCc3ccccc3)C(C)(C)C)CC2)cc1. The third kappa shape index (κ3) is 15.7. The number of imidazole rings is 1. The van der Waals surface area contributed by atoms with Gasteiger partial charge < -0.3 is 39.8 Å². The number of β-amino-alcohol motifs (C(OH)–C–C–N with tert-alkyl or cyclic N) is 1. The quantitative estimate of drug-likeness (QED) is 0.0412. The predicted octanol–water partition coefficient (Wildman–Crippen LogP) is 7.16. The summed E-state index contributed by atoms with van der Waals surface area (Å²) >= 11 is 0. The second-order valence-corrected chi connectivity index (χ2v) is 21.4. The zero-order chi connectivity index (χ0) is 52.6. The second kappa shape index (κ2) is 26.9. The van der Waals surface area contributed by atoms with Gasteiger partial charge in [0.2, 0.25) is 23.6 Å². The van der Waals surface area contributed by atoms with E-state index >= 15 is 0 Å². The van der Waals surface area contributed by atoms with Crippen molar-refractivity contribution in [3.8, 4) is 16.9 Å². The van der Waals surface area contributed by atoms with Crippen LogP contribution >= 0.6 is 0 Å². The third-order valence-corrected chi connectivity index (χ3v) is 14.4. The number of nitrogens with zero attached hydrogens (tertiary/aromatic N) is 6. The molecule has 0 radical (unpaired) electrons. The summed E-state index contributed by atoms with van der Waals surface area (Å²) in [5.74, 6) is 1.96. The maximum Gasteiger partial charge on any atom is 0.246 e. The highest BCUT2D eigenvalue weighted by Crippen LogP contribution is 2.31. The smallest absolute Gasteiger partial charge is 0.246 e. The molecule has 0 spiro atoms. The molecule has 2 aliphatic rings. The zero-order valence-corrected chi connectivity index (χ0v) is 44.8. The fourth-order valence-corrected chi connectivity index (χ4v) is 10.2. The van der Waals surface area contributed by atoms with Crippen LogP contribution in [0.15, 0.2) is 77.3 Å². The van der Waals surface area contributed by atoms with Crippen LogP contribution in [-0.2, 0) is 45.1 Å². The van der Waals surface area contributed by atoms with E-state index in [1.165, 1.54) is 10.5 Å². The molecule has 4 N–H and O–H groups in total. The molecule has 0 saturated carbocycles. The van der Waals surface area contributed by atoms with Gasteiger partial charge in [0.25, 0.3) is 0 Å². The van der Waals surface area contributed by atoms with Gasteiger partial charge in [0.05, 0.1) is 36.0 Å². The van der Waals surface area contributed by atoms with Gasteiger partial charge in [0, 0.05) is 83.7 Å². The van der Waals surface area contributed by atoms with E-state index in [0.717, 1.165) is 141 Å². The number of aryl methyl sites for hydroxylation is 4. The van der Waals surface area contributed by atoms with E-state index in [4.69, 9.17) is 14.2 Å². The highest BCUT2D eigenvalue weighted by atomic mass is 16.5. The van der Waals surface area contributed by atoms with Gasteiger partial charge in [-0.15, -0.1) is 0 Å². The normalized spacial score (nSPS) is 16.9. The number of hydrogen-bond donors (Lipinski definition) is 4. The number of fused-ring (bicyclic) bond motifs is 1. The van der Waals surface area contributed by atoms with Crippen LogP contribution in [0.2, 0.25) is 0 Å². The number of aliphatic hydroxyl groups is 1. The average Bonchev–Trinajstić information content (AvgIpc) is 4.07. The minimum atomic E-state index is -0.840. The summed E-state index contributed by atoms with van der Waals surface area (Å²) in [4.78, 5) is 64.6. The lowest BCUT2D eigenvalue weighted by Gasteiger charge is -2.35. The number of rotatable bonds is 26. The van der Waals surface area contributed by atoms with Crippen LogP contribution < -0.4 is 20.7 Å². The first-order valence-electron chi connectivity index (χ1n) is 27.1. The van der Waals surface area contributed by atoms with Crippen LogP contribution in [-0.4, -0.2) is 135 Å². The third-order valence-electron chi connectivity index (χ3n) is 14.4. The van der Waals surface area contributed by atoms with Crippen molar-refractivity contribution < 1.29 is 33.5 Å². The number of nitrogens with one attached hydrogen (secondary N) is 3. The molecule has 4 heterocycles. The summed E-state index contributed by atoms with van der Waals surface area (Å²) < 4.78 is 13.7. The molecule has 7 rings (SSSR count). The molecule has 3 atom stereocenters. The lowest BCUT2D eigenvalue weighted by molar-refractivity contribution is -0.144. The minimum absolute atomic E-state index is 0.0447. The van der Waals surface area contributed by atoms with Gasteiger partial charge in [-0.05, 0) is 85.9 Å². The Labute approximate surface area is 437 Å². The first-order valence-corrected chi connectivity index (χ1v) is 27.1. The van der Waals surface area contributed by atoms with Crippen LogP contribution in [0.25, 0.3) is 22.2 Å². The molecule has 2 fully saturated rings. The number of ether oxygens (including phenoxy) is 1. The summed E-state index contributed by atoms with van der Waals surface area (Å²) in [5.41, 5.74) is 6.62. The molecule has 0 unspecified atom stereocenters. The lowest BCUT2D eigenvalue weighted by Crippen LogP contribution is -2.57. The highest BCUT2D eigenvalue weighted by molar-refractivity contribution is 5.93. The number of likely N-dealkylation sites (tertiary alicyclic amines) is 1. The van der Waals surface area contributed by atoms with Gasteiger partial charge in [-0.2, -0.15) is 0 Å². The van der Waals surface area contributed by atoms with Crippen molar-refractivity contribution in [2.24, 2.45) is 5.41 Å². The second-order valence-electron chi connectivity index (χ2n) is 21.4. The molecule has 400 valence electrons. The number of amides is 4. The van der Waals surface area contributed by atoms with Crippen molar-refractivity contribution in [2.75, 3.05) is 59.0 Å². The highest BCUT2D eigenvalue weighted by Gasteiger charge is 2.44. The van der Waals surface area contributed by atoms with Gasteiger partial charge in [0.15, 0.2) is 0 Å². The first-order chi connectivity index (χ1) is 35.7. The van der Waals surface area contributed by atoms with E-state index in [1.54, 1.807) is 0 Å². The summed E-state index contributed by atoms with van der Waals surface area (Å²) in [6, 6.07) is 22.8. The Balaban J connectivity index is 0.777. The number of carbonyl (C=O) groups excluding carboxylic acids is 4.